The zero-order valence-corrected chi connectivity index (χ0v) is 14.8. The summed E-state index contributed by atoms with van der Waals surface area (Å²) < 4.78 is 40.2. The number of hydrogen-bond donors (Lipinski definition) is 1. The number of alkyl halides is 3. The second-order valence-corrected chi connectivity index (χ2v) is 5.81. The topological polar surface area (TPSA) is 44.8 Å². The van der Waals surface area contributed by atoms with Crippen LogP contribution in [-0.2, 0) is 11.3 Å². The Bertz CT molecular complexity index is 534. The molecule has 1 aromatic carbocycles. The second kappa shape index (κ2) is 9.84. The van der Waals surface area contributed by atoms with Crippen LogP contribution in [-0.4, -0.2) is 61.8 Å². The molecule has 1 saturated heterocycles. The van der Waals surface area contributed by atoms with E-state index in [1.165, 1.54) is 12.1 Å². The predicted molar refractivity (Wildman–Crippen MR) is 90.8 cm³/mol. The maximum atomic E-state index is 12.1. The number of halogens is 4. The molecule has 1 aromatic rings. The van der Waals surface area contributed by atoms with E-state index in [4.69, 9.17) is 0 Å². The first-order chi connectivity index (χ1) is 11.3. The molecule has 0 saturated carbocycles. The maximum Gasteiger partial charge on any atom is 0.573 e. The first kappa shape index (κ1) is 21.5. The van der Waals surface area contributed by atoms with E-state index in [-0.39, 0.29) is 24.1 Å². The lowest BCUT2D eigenvalue weighted by molar-refractivity contribution is -0.274. The molecular formula is C16H23ClF3N3O2. The maximum absolute atomic E-state index is 12.1. The Hall–Kier alpha value is -1.51. The van der Waals surface area contributed by atoms with Crippen LogP contribution < -0.4 is 10.1 Å². The van der Waals surface area contributed by atoms with Crippen LogP contribution in [0.5, 0.6) is 5.75 Å². The molecular weight excluding hydrogens is 359 g/mol. The van der Waals surface area contributed by atoms with Gasteiger partial charge in [-0.15, -0.1) is 25.6 Å². The first-order valence-corrected chi connectivity index (χ1v) is 7.85. The highest BCUT2D eigenvalue weighted by atomic mass is 35.5. The minimum Gasteiger partial charge on any atom is -0.406 e. The molecule has 25 heavy (non-hydrogen) atoms. The summed E-state index contributed by atoms with van der Waals surface area (Å²) in [5.41, 5.74) is 0.863. The number of nitrogens with zero attached hydrogens (tertiary/aromatic N) is 2. The molecule has 0 bridgehead atoms. The number of piperazine rings is 1. The SMILES string of the molecule is CN(CCC(=O)N1CCNCC1)Cc1ccc(OC(F)(F)F)cc1.Cl. The molecule has 0 spiro atoms. The van der Waals surface area contributed by atoms with Crippen LogP contribution in [0, 0.1) is 0 Å². The highest BCUT2D eigenvalue weighted by Crippen LogP contribution is 2.23. The standard InChI is InChI=1S/C16H22F3N3O2.ClH/c1-21(9-6-15(23)22-10-7-20-8-11-22)12-13-2-4-14(5-3-13)24-16(17,18)19;/h2-5,20H,6-12H2,1H3;1H. The summed E-state index contributed by atoms with van der Waals surface area (Å²) in [7, 11) is 1.88. The average Bonchev–Trinajstić information content (AvgIpc) is 2.54. The zero-order chi connectivity index (χ0) is 17.6. The van der Waals surface area contributed by atoms with Crippen molar-refractivity contribution >= 4 is 18.3 Å². The molecule has 0 unspecified atom stereocenters. The largest absolute Gasteiger partial charge is 0.573 e. The van der Waals surface area contributed by atoms with Gasteiger partial charge in [-0.05, 0) is 24.7 Å². The normalized spacial score (nSPS) is 15.0. The molecule has 0 aliphatic carbocycles. The first-order valence-electron chi connectivity index (χ1n) is 7.85. The van der Waals surface area contributed by atoms with Crippen LogP contribution >= 0.6 is 12.4 Å². The molecule has 2 rings (SSSR count). The van der Waals surface area contributed by atoms with E-state index in [9.17, 15) is 18.0 Å². The third kappa shape index (κ3) is 7.94. The molecule has 9 heteroatoms. The van der Waals surface area contributed by atoms with Gasteiger partial charge in [0.1, 0.15) is 5.75 Å². The quantitative estimate of drug-likeness (QED) is 0.821. The van der Waals surface area contributed by atoms with Gasteiger partial charge in [-0.2, -0.15) is 0 Å². The van der Waals surface area contributed by atoms with Gasteiger partial charge in [0.15, 0.2) is 0 Å². The Morgan fingerprint density at radius 1 is 1.24 bits per heavy atom. The van der Waals surface area contributed by atoms with Crippen LogP contribution in [0.25, 0.3) is 0 Å². The molecule has 1 fully saturated rings. The summed E-state index contributed by atoms with van der Waals surface area (Å²) in [6, 6.07) is 5.77. The summed E-state index contributed by atoms with van der Waals surface area (Å²) in [5, 5.41) is 3.20. The Morgan fingerprint density at radius 3 is 2.40 bits per heavy atom. The Labute approximate surface area is 151 Å². The lowest BCUT2D eigenvalue weighted by Gasteiger charge is -2.28. The fourth-order valence-electron chi connectivity index (χ4n) is 2.55. The van der Waals surface area contributed by atoms with Gasteiger partial charge < -0.3 is 19.9 Å². The van der Waals surface area contributed by atoms with Crippen molar-refractivity contribution in [2.24, 2.45) is 0 Å². The highest BCUT2D eigenvalue weighted by molar-refractivity contribution is 5.85. The van der Waals surface area contributed by atoms with E-state index in [0.29, 0.717) is 19.5 Å². The number of rotatable bonds is 6. The van der Waals surface area contributed by atoms with Crippen LogP contribution in [0.3, 0.4) is 0 Å². The van der Waals surface area contributed by atoms with Crippen molar-refractivity contribution in [3.8, 4) is 5.75 Å². The van der Waals surface area contributed by atoms with Gasteiger partial charge in [0.2, 0.25) is 5.91 Å². The van der Waals surface area contributed by atoms with E-state index in [1.54, 1.807) is 12.1 Å². The monoisotopic (exact) mass is 381 g/mol. The fraction of sp³-hybridized carbons (Fsp3) is 0.562. The molecule has 1 N–H and O–H groups in total. The summed E-state index contributed by atoms with van der Waals surface area (Å²) in [6.45, 7) is 4.29. The minimum absolute atomic E-state index is 0. The molecule has 1 aliphatic rings. The lowest BCUT2D eigenvalue weighted by Crippen LogP contribution is -2.47. The lowest BCUT2D eigenvalue weighted by atomic mass is 10.2. The molecule has 1 heterocycles. The molecule has 5 nitrogen and oxygen atoms in total. The van der Waals surface area contributed by atoms with Crippen LogP contribution in [0.15, 0.2) is 24.3 Å². The van der Waals surface area contributed by atoms with Gasteiger partial charge in [0, 0.05) is 45.7 Å². The fourth-order valence-corrected chi connectivity index (χ4v) is 2.55. The van der Waals surface area contributed by atoms with Gasteiger partial charge in [-0.1, -0.05) is 12.1 Å². The summed E-state index contributed by atoms with van der Waals surface area (Å²) in [5.74, 6) is -0.0972. The van der Waals surface area contributed by atoms with Gasteiger partial charge in [0.25, 0.3) is 0 Å². The third-order valence-corrected chi connectivity index (χ3v) is 3.79. The zero-order valence-electron chi connectivity index (χ0n) is 14.0. The highest BCUT2D eigenvalue weighted by Gasteiger charge is 2.30. The van der Waals surface area contributed by atoms with E-state index in [0.717, 1.165) is 31.7 Å². The molecule has 1 amide bonds. The number of amides is 1. The molecule has 0 radical (unpaired) electrons. The smallest absolute Gasteiger partial charge is 0.406 e. The van der Waals surface area contributed by atoms with Crippen molar-refractivity contribution in [2.75, 3.05) is 39.8 Å². The van der Waals surface area contributed by atoms with Crippen LogP contribution in [0.2, 0.25) is 0 Å². The minimum atomic E-state index is -4.68. The summed E-state index contributed by atoms with van der Waals surface area (Å²) >= 11 is 0. The molecule has 0 atom stereocenters. The van der Waals surface area contributed by atoms with Crippen molar-refractivity contribution in [1.29, 1.82) is 0 Å². The van der Waals surface area contributed by atoms with Crippen LogP contribution in [0.1, 0.15) is 12.0 Å². The van der Waals surface area contributed by atoms with Gasteiger partial charge in [-0.3, -0.25) is 4.79 Å². The number of ether oxygens (including phenoxy) is 1. The van der Waals surface area contributed by atoms with Crippen molar-refractivity contribution in [1.82, 2.24) is 15.1 Å². The van der Waals surface area contributed by atoms with Gasteiger partial charge >= 0.3 is 6.36 Å². The number of carbonyl (C=O) groups is 1. The summed E-state index contributed by atoms with van der Waals surface area (Å²) in [6.07, 6.45) is -4.24. The Morgan fingerprint density at radius 2 is 1.84 bits per heavy atom. The van der Waals surface area contributed by atoms with Crippen LogP contribution in [0.4, 0.5) is 13.2 Å². The van der Waals surface area contributed by atoms with Crippen molar-refractivity contribution in [2.45, 2.75) is 19.3 Å². The Balaban J connectivity index is 0.00000312. The number of benzene rings is 1. The van der Waals surface area contributed by atoms with Crippen molar-refractivity contribution in [3.05, 3.63) is 29.8 Å². The molecule has 0 aromatic heterocycles. The van der Waals surface area contributed by atoms with E-state index < -0.39 is 6.36 Å². The predicted octanol–water partition coefficient (Wildman–Crippen LogP) is 2.26. The number of nitrogens with one attached hydrogen (secondary N) is 1. The number of carbonyl (C=O) groups excluding carboxylic acids is 1. The van der Waals surface area contributed by atoms with E-state index >= 15 is 0 Å². The number of hydrogen-bond acceptors (Lipinski definition) is 4. The van der Waals surface area contributed by atoms with E-state index in [2.05, 4.69) is 10.1 Å². The Kier molecular flexibility index (Phi) is 8.47. The average molecular weight is 382 g/mol. The van der Waals surface area contributed by atoms with Gasteiger partial charge in [0.05, 0.1) is 0 Å². The third-order valence-electron chi connectivity index (χ3n) is 3.79. The van der Waals surface area contributed by atoms with Crippen molar-refractivity contribution in [3.63, 3.8) is 0 Å². The van der Waals surface area contributed by atoms with Crippen molar-refractivity contribution < 1.29 is 22.7 Å². The van der Waals surface area contributed by atoms with Gasteiger partial charge in [-0.25, -0.2) is 0 Å². The molecule has 142 valence electrons. The summed E-state index contributed by atoms with van der Waals surface area (Å²) in [4.78, 5) is 15.9. The second-order valence-electron chi connectivity index (χ2n) is 5.81. The molecule has 1 aliphatic heterocycles. The van der Waals surface area contributed by atoms with E-state index in [1.807, 2.05) is 16.8 Å².